The zero-order valence-corrected chi connectivity index (χ0v) is 26.6. The topological polar surface area (TPSA) is 97.3 Å². The van der Waals surface area contributed by atoms with Gasteiger partial charge in [0.15, 0.2) is 11.5 Å². The van der Waals surface area contributed by atoms with Crippen molar-refractivity contribution in [3.05, 3.63) is 81.4 Å². The maximum absolute atomic E-state index is 13.7. The fourth-order valence-electron chi connectivity index (χ4n) is 6.56. The minimum absolute atomic E-state index is 0.0269. The third-order valence-electron chi connectivity index (χ3n) is 8.77. The summed E-state index contributed by atoms with van der Waals surface area (Å²) in [5, 5.41) is 14.5. The molecule has 3 aromatic carbocycles. The molecule has 2 aliphatic rings. The van der Waals surface area contributed by atoms with Crippen molar-refractivity contribution in [2.75, 3.05) is 32.3 Å². The van der Waals surface area contributed by atoms with Crippen molar-refractivity contribution >= 4 is 29.2 Å². The van der Waals surface area contributed by atoms with Crippen molar-refractivity contribution < 1.29 is 28.9 Å². The number of carbonyl (C=O) groups excluding carboxylic acids is 1. The Kier molecular flexibility index (Phi) is 10.0. The van der Waals surface area contributed by atoms with E-state index in [4.69, 9.17) is 25.8 Å². The van der Waals surface area contributed by atoms with Gasteiger partial charge < -0.3 is 24.6 Å². The van der Waals surface area contributed by atoms with Crippen LogP contribution in [0.5, 0.6) is 17.2 Å². The molecule has 1 saturated heterocycles. The summed E-state index contributed by atoms with van der Waals surface area (Å²) in [5.74, 6) is -0.836. The van der Waals surface area contributed by atoms with Crippen LogP contribution in [0.4, 0.5) is 5.69 Å². The van der Waals surface area contributed by atoms with Crippen molar-refractivity contribution in [1.29, 1.82) is 0 Å². The first kappa shape index (κ1) is 31.7. The molecule has 1 amide bonds. The van der Waals surface area contributed by atoms with E-state index in [-0.39, 0.29) is 19.2 Å². The second-order valence-electron chi connectivity index (χ2n) is 11.5. The first-order valence-corrected chi connectivity index (χ1v) is 15.8. The number of unbranched alkanes of at least 4 members (excludes halogenated alkanes) is 1. The van der Waals surface area contributed by atoms with Crippen LogP contribution in [-0.4, -0.2) is 48.9 Å². The van der Waals surface area contributed by atoms with E-state index < -0.39 is 23.8 Å². The van der Waals surface area contributed by atoms with Crippen molar-refractivity contribution in [2.24, 2.45) is 5.92 Å². The lowest BCUT2D eigenvalue weighted by Gasteiger charge is -2.27. The van der Waals surface area contributed by atoms with Gasteiger partial charge in [0.1, 0.15) is 0 Å². The first-order valence-electron chi connectivity index (χ1n) is 15.4. The standard InChI is InChI=1S/C35H41ClN2O6/c1-5-8-9-21-10-12-24(13-11-21)33-31(35(40)41)27(25-16-28(42-4)34-29(17-25)43-20-44-34)18-38(33)19-30(39)37-32-22(6-2)14-26(36)15-23(32)7-3/h10-17,27,31,33H,5-9,18-20H2,1-4H3,(H,37,39)(H,40,41)/t27-,31?,33+/m1/s1. The number of carboxylic acid groups (broad SMARTS) is 1. The van der Waals surface area contributed by atoms with Crippen LogP contribution in [0.15, 0.2) is 48.5 Å². The van der Waals surface area contributed by atoms with Gasteiger partial charge in [0, 0.05) is 29.2 Å². The van der Waals surface area contributed by atoms with Crippen LogP contribution in [0.3, 0.4) is 0 Å². The number of hydrogen-bond acceptors (Lipinski definition) is 6. The number of anilines is 1. The van der Waals surface area contributed by atoms with Gasteiger partial charge in [-0.25, -0.2) is 0 Å². The van der Waals surface area contributed by atoms with Crippen molar-refractivity contribution in [3.8, 4) is 17.2 Å². The highest BCUT2D eigenvalue weighted by Crippen LogP contribution is 2.50. The number of methoxy groups -OCH3 is 1. The highest BCUT2D eigenvalue weighted by Gasteiger charge is 2.48. The number of nitrogens with zero attached hydrogens (tertiary/aromatic N) is 1. The van der Waals surface area contributed by atoms with Gasteiger partial charge >= 0.3 is 5.97 Å². The molecular weight excluding hydrogens is 580 g/mol. The van der Waals surface area contributed by atoms with E-state index >= 15 is 0 Å². The van der Waals surface area contributed by atoms with Gasteiger partial charge in [-0.2, -0.15) is 0 Å². The summed E-state index contributed by atoms with van der Waals surface area (Å²) in [7, 11) is 1.55. The van der Waals surface area contributed by atoms with E-state index in [1.54, 1.807) is 7.11 Å². The van der Waals surface area contributed by atoms with E-state index in [0.717, 1.165) is 60.0 Å². The number of rotatable bonds is 12. The Balaban J connectivity index is 1.51. The fraction of sp³-hybridized carbons (Fsp3) is 0.429. The molecule has 2 heterocycles. The molecular formula is C35H41ClN2O6. The summed E-state index contributed by atoms with van der Waals surface area (Å²) in [6, 6.07) is 15.1. The van der Waals surface area contributed by atoms with E-state index in [9.17, 15) is 14.7 Å². The molecule has 5 rings (SSSR count). The number of likely N-dealkylation sites (tertiary alicyclic amines) is 1. The van der Waals surface area contributed by atoms with Gasteiger partial charge in [0.05, 0.1) is 19.6 Å². The maximum Gasteiger partial charge on any atom is 0.309 e. The second-order valence-corrected chi connectivity index (χ2v) is 11.9. The molecule has 44 heavy (non-hydrogen) atoms. The Morgan fingerprint density at radius 2 is 1.73 bits per heavy atom. The lowest BCUT2D eigenvalue weighted by molar-refractivity contribution is -0.143. The highest BCUT2D eigenvalue weighted by molar-refractivity contribution is 6.30. The van der Waals surface area contributed by atoms with Gasteiger partial charge in [0.2, 0.25) is 18.4 Å². The van der Waals surface area contributed by atoms with E-state index in [0.29, 0.717) is 28.8 Å². The number of fused-ring (bicyclic) bond motifs is 1. The molecule has 1 fully saturated rings. The van der Waals surface area contributed by atoms with Crippen LogP contribution in [0.1, 0.15) is 73.4 Å². The number of ether oxygens (including phenoxy) is 3. The normalized spacial score (nSPS) is 19.2. The molecule has 0 bridgehead atoms. The lowest BCUT2D eigenvalue weighted by atomic mass is 9.82. The van der Waals surface area contributed by atoms with Gasteiger partial charge in [-0.05, 0) is 77.8 Å². The van der Waals surface area contributed by atoms with E-state index in [1.165, 1.54) is 5.56 Å². The Hall–Kier alpha value is -3.75. The van der Waals surface area contributed by atoms with Gasteiger partial charge in [-0.3, -0.25) is 14.5 Å². The average molecular weight is 621 g/mol. The van der Waals surface area contributed by atoms with Crippen LogP contribution in [0.2, 0.25) is 5.02 Å². The molecule has 2 N–H and O–H groups in total. The second kappa shape index (κ2) is 13.9. The Bertz CT molecular complexity index is 1480. The molecule has 234 valence electrons. The minimum atomic E-state index is -0.922. The third-order valence-corrected chi connectivity index (χ3v) is 8.99. The van der Waals surface area contributed by atoms with Gasteiger partial charge in [-0.1, -0.05) is 63.1 Å². The maximum atomic E-state index is 13.7. The zero-order valence-electron chi connectivity index (χ0n) is 25.8. The Morgan fingerprint density at radius 1 is 1.02 bits per heavy atom. The summed E-state index contributed by atoms with van der Waals surface area (Å²) < 4.78 is 16.8. The molecule has 3 atom stereocenters. The number of benzene rings is 3. The number of aliphatic carboxylic acids is 1. The van der Waals surface area contributed by atoms with Crippen LogP contribution in [-0.2, 0) is 28.9 Å². The molecule has 0 saturated carbocycles. The van der Waals surface area contributed by atoms with Gasteiger partial charge in [-0.15, -0.1) is 0 Å². The molecule has 0 spiro atoms. The smallest absolute Gasteiger partial charge is 0.309 e. The molecule has 8 nitrogen and oxygen atoms in total. The number of nitrogens with one attached hydrogen (secondary N) is 1. The fourth-order valence-corrected chi connectivity index (χ4v) is 6.82. The lowest BCUT2D eigenvalue weighted by Crippen LogP contribution is -2.35. The van der Waals surface area contributed by atoms with Crippen LogP contribution in [0, 0.1) is 5.92 Å². The SMILES string of the molecule is CCCCc1ccc([C@H]2C(C(=O)O)[C@@H](c3cc(OC)c4c(c3)OCO4)CN2CC(=O)Nc2c(CC)cc(Cl)cc2CC)cc1. The van der Waals surface area contributed by atoms with Crippen LogP contribution in [0.25, 0.3) is 0 Å². The average Bonchev–Trinajstić information content (AvgIpc) is 3.65. The predicted octanol–water partition coefficient (Wildman–Crippen LogP) is 7.02. The van der Waals surface area contributed by atoms with Crippen molar-refractivity contribution in [3.63, 3.8) is 0 Å². The number of carbonyl (C=O) groups is 2. The Labute approximate surface area is 264 Å². The first-order chi connectivity index (χ1) is 21.3. The quantitative estimate of drug-likeness (QED) is 0.224. The minimum Gasteiger partial charge on any atom is -0.493 e. The number of carboxylic acids is 1. The summed E-state index contributed by atoms with van der Waals surface area (Å²) in [4.78, 5) is 28.8. The van der Waals surface area contributed by atoms with Crippen LogP contribution < -0.4 is 19.5 Å². The summed E-state index contributed by atoms with van der Waals surface area (Å²) >= 11 is 6.35. The zero-order chi connectivity index (χ0) is 31.4. The van der Waals surface area contributed by atoms with E-state index in [2.05, 4.69) is 24.4 Å². The number of amides is 1. The molecule has 0 radical (unpaired) electrons. The van der Waals surface area contributed by atoms with Crippen molar-refractivity contribution in [1.82, 2.24) is 4.90 Å². The monoisotopic (exact) mass is 620 g/mol. The number of aryl methyl sites for hydroxylation is 3. The van der Waals surface area contributed by atoms with Crippen molar-refractivity contribution in [2.45, 2.75) is 64.8 Å². The highest BCUT2D eigenvalue weighted by atomic mass is 35.5. The van der Waals surface area contributed by atoms with E-state index in [1.807, 2.05) is 55.1 Å². The Morgan fingerprint density at radius 3 is 2.34 bits per heavy atom. The molecule has 1 unspecified atom stereocenters. The molecule has 0 aromatic heterocycles. The summed E-state index contributed by atoms with van der Waals surface area (Å²) in [6.45, 7) is 6.68. The third kappa shape index (κ3) is 6.52. The summed E-state index contributed by atoms with van der Waals surface area (Å²) in [6.07, 6.45) is 4.59. The molecule has 2 aliphatic heterocycles. The largest absolute Gasteiger partial charge is 0.493 e. The molecule has 3 aromatic rings. The van der Waals surface area contributed by atoms with Crippen LogP contribution >= 0.6 is 11.6 Å². The molecule has 0 aliphatic carbocycles. The predicted molar refractivity (Wildman–Crippen MR) is 171 cm³/mol. The number of hydrogen-bond donors (Lipinski definition) is 2. The molecule has 9 heteroatoms. The summed E-state index contributed by atoms with van der Waals surface area (Å²) in [5.41, 5.74) is 5.58. The number of halogens is 1. The van der Waals surface area contributed by atoms with Gasteiger partial charge in [0.25, 0.3) is 0 Å².